The average molecular weight is 741 g/mol. The second-order valence-corrected chi connectivity index (χ2v) is 15.0. The van der Waals surface area contributed by atoms with Crippen molar-refractivity contribution in [2.75, 3.05) is 32.7 Å². The van der Waals surface area contributed by atoms with Crippen LogP contribution < -0.4 is 5.32 Å². The van der Waals surface area contributed by atoms with E-state index >= 15 is 0 Å². The lowest BCUT2D eigenvalue weighted by Crippen LogP contribution is -2.59. The quantitative estimate of drug-likeness (QED) is 0.160. The highest BCUT2D eigenvalue weighted by atomic mass is 19.4. The molecule has 1 aromatic heterocycles. The molecule has 1 saturated carbocycles. The van der Waals surface area contributed by atoms with Crippen molar-refractivity contribution in [3.8, 4) is 11.3 Å². The second kappa shape index (κ2) is 14.2. The largest absolute Gasteiger partial charge is 0.480 e. The minimum atomic E-state index is -5.04. The van der Waals surface area contributed by atoms with E-state index in [9.17, 15) is 41.0 Å². The van der Waals surface area contributed by atoms with Crippen molar-refractivity contribution < 1.29 is 41.0 Å². The van der Waals surface area contributed by atoms with Crippen molar-refractivity contribution >= 4 is 33.4 Å². The van der Waals surface area contributed by atoms with Gasteiger partial charge in [-0.25, -0.2) is 4.79 Å². The summed E-state index contributed by atoms with van der Waals surface area (Å²) in [6, 6.07) is 17.3. The number of pyridine rings is 1. The second-order valence-electron chi connectivity index (χ2n) is 15.0. The highest BCUT2D eigenvalue weighted by Gasteiger charge is 2.65. The molecular weight excluding hydrogens is 698 g/mol. The number of rotatable bonds is 10. The summed E-state index contributed by atoms with van der Waals surface area (Å²) in [5.74, 6) is -2.98. The third kappa shape index (κ3) is 7.22. The maximum atomic E-state index is 14.6. The van der Waals surface area contributed by atoms with Crippen molar-refractivity contribution in [2.24, 2.45) is 10.8 Å². The van der Waals surface area contributed by atoms with Gasteiger partial charge < -0.3 is 15.3 Å². The first-order valence-corrected chi connectivity index (χ1v) is 18.2. The van der Waals surface area contributed by atoms with Crippen LogP contribution in [0.3, 0.4) is 0 Å². The van der Waals surface area contributed by atoms with Crippen LogP contribution in [0.15, 0.2) is 66.9 Å². The van der Waals surface area contributed by atoms with Gasteiger partial charge in [-0.3, -0.25) is 14.7 Å². The van der Waals surface area contributed by atoms with Crippen LogP contribution in [0.2, 0.25) is 0 Å². The maximum Gasteiger partial charge on any atom is 0.403 e. The number of nitrogens with zero attached hydrogens (tertiary/aromatic N) is 3. The molecule has 1 aliphatic carbocycles. The molecule has 13 heteroatoms. The first-order valence-electron chi connectivity index (χ1n) is 18.2. The number of nitrogens with one attached hydrogen (secondary N) is 1. The minimum Gasteiger partial charge on any atom is -0.480 e. The monoisotopic (exact) mass is 740 g/mol. The Hall–Kier alpha value is -4.23. The van der Waals surface area contributed by atoms with Crippen molar-refractivity contribution in [3.05, 3.63) is 78.0 Å². The van der Waals surface area contributed by atoms with Crippen LogP contribution in [-0.2, 0) is 22.6 Å². The van der Waals surface area contributed by atoms with E-state index < -0.39 is 60.5 Å². The first-order chi connectivity index (χ1) is 25.2. The highest BCUT2D eigenvalue weighted by molar-refractivity contribution is 6.05. The summed E-state index contributed by atoms with van der Waals surface area (Å²) >= 11 is 0. The number of carbonyl (C=O) groups is 2. The molecule has 3 fully saturated rings. The van der Waals surface area contributed by atoms with E-state index in [4.69, 9.17) is 4.98 Å². The number of piperidine rings is 2. The van der Waals surface area contributed by atoms with Crippen LogP contribution >= 0.6 is 0 Å². The van der Waals surface area contributed by atoms with Crippen molar-refractivity contribution in [1.82, 2.24) is 20.1 Å². The third-order valence-corrected chi connectivity index (χ3v) is 11.7. The first kappa shape index (κ1) is 37.1. The molecule has 0 bridgehead atoms. The number of carboxylic acid groups (broad SMARTS) is 1. The molecule has 2 aliphatic heterocycles. The van der Waals surface area contributed by atoms with Crippen LogP contribution in [-0.4, -0.2) is 82.9 Å². The topological polar surface area (TPSA) is 85.8 Å². The summed E-state index contributed by atoms with van der Waals surface area (Å²) in [6.07, 6.45) is -5.99. The molecule has 2 saturated heterocycles. The fourth-order valence-electron chi connectivity index (χ4n) is 8.27. The van der Waals surface area contributed by atoms with Gasteiger partial charge in [-0.05, 0) is 92.0 Å². The van der Waals surface area contributed by atoms with E-state index in [-0.39, 0.29) is 32.4 Å². The Labute approximate surface area is 303 Å². The van der Waals surface area contributed by atoms with Gasteiger partial charge in [-0.1, -0.05) is 67.1 Å². The Morgan fingerprint density at radius 2 is 1.36 bits per heavy atom. The van der Waals surface area contributed by atoms with Gasteiger partial charge in [0.1, 0.15) is 11.5 Å². The van der Waals surface area contributed by atoms with Crippen molar-refractivity contribution in [3.63, 3.8) is 0 Å². The number of carboxylic acids is 1. The SMILES string of the molecule is O=C(O)[C@H](Cc1cccc2c(-c3ncc(CN4CCCCC4)c4ccccc34)cccc12)NC(=O)C1(C(F)(F)F)CCN(CC2(C(F)(F)F)CC2)CC1. The lowest BCUT2D eigenvalue weighted by Gasteiger charge is -2.43. The molecule has 0 unspecified atom stereocenters. The molecule has 7 rings (SSSR count). The molecule has 0 radical (unpaired) electrons. The predicted molar refractivity (Wildman–Crippen MR) is 189 cm³/mol. The number of carbonyl (C=O) groups excluding carboxylic acids is 1. The van der Waals surface area contributed by atoms with E-state index in [1.807, 2.05) is 48.7 Å². The number of hydrogen-bond acceptors (Lipinski definition) is 5. The van der Waals surface area contributed by atoms with Gasteiger partial charge >= 0.3 is 18.3 Å². The van der Waals surface area contributed by atoms with E-state index in [1.54, 1.807) is 12.1 Å². The number of fused-ring (bicyclic) bond motifs is 2. The molecule has 1 atom stereocenters. The molecule has 7 nitrogen and oxygen atoms in total. The minimum absolute atomic E-state index is 0.0773. The zero-order chi connectivity index (χ0) is 37.6. The molecule has 0 spiro atoms. The fraction of sp³-hybridized carbons (Fsp3) is 0.475. The molecule has 3 heterocycles. The van der Waals surface area contributed by atoms with E-state index in [0.717, 1.165) is 52.6 Å². The summed E-state index contributed by atoms with van der Waals surface area (Å²) in [6.45, 7) is 1.74. The zero-order valence-electron chi connectivity index (χ0n) is 29.2. The predicted octanol–water partition coefficient (Wildman–Crippen LogP) is 8.14. The molecule has 3 aromatic carbocycles. The van der Waals surface area contributed by atoms with Gasteiger partial charge in [0, 0.05) is 36.7 Å². The van der Waals surface area contributed by atoms with Gasteiger partial charge in [0.15, 0.2) is 0 Å². The van der Waals surface area contributed by atoms with E-state index in [1.165, 1.54) is 24.2 Å². The molecule has 53 heavy (non-hydrogen) atoms. The van der Waals surface area contributed by atoms with Crippen molar-refractivity contribution in [2.45, 2.75) is 76.3 Å². The van der Waals surface area contributed by atoms with Crippen LogP contribution in [0.1, 0.15) is 56.1 Å². The molecule has 1 amide bonds. The lowest BCUT2D eigenvalue weighted by molar-refractivity contribution is -0.236. The molecule has 2 N–H and O–H groups in total. The van der Waals surface area contributed by atoms with Gasteiger partial charge in [-0.2, -0.15) is 26.3 Å². The fourth-order valence-corrected chi connectivity index (χ4v) is 8.27. The molecule has 282 valence electrons. The van der Waals surface area contributed by atoms with E-state index in [2.05, 4.69) is 16.3 Å². The Kier molecular flexibility index (Phi) is 9.94. The van der Waals surface area contributed by atoms with Crippen molar-refractivity contribution in [1.29, 1.82) is 0 Å². The third-order valence-electron chi connectivity index (χ3n) is 11.7. The molecule has 4 aromatic rings. The van der Waals surface area contributed by atoms with Crippen LogP contribution in [0.4, 0.5) is 26.3 Å². The number of amides is 1. The summed E-state index contributed by atoms with van der Waals surface area (Å²) in [5, 5.41) is 15.8. The van der Waals surface area contributed by atoms with Gasteiger partial charge in [0.05, 0.1) is 11.1 Å². The lowest BCUT2D eigenvalue weighted by atomic mass is 9.76. The number of benzene rings is 3. The van der Waals surface area contributed by atoms with Crippen LogP contribution in [0, 0.1) is 10.8 Å². The smallest absolute Gasteiger partial charge is 0.403 e. The average Bonchev–Trinajstić information content (AvgIpc) is 3.93. The Bertz CT molecular complexity index is 2000. The number of alkyl halides is 6. The number of likely N-dealkylation sites (tertiary alicyclic amines) is 2. The standard InChI is InChI=1S/C40H42F6N4O3/c41-39(42,43)37(14-15-37)25-50-20-16-38(17-21-50,40(44,45)46)36(53)48-33(35(51)52)22-26-8-6-12-30-28(26)11-7-13-32(30)34-31-10-3-2-9-29(31)27(23-47-34)24-49-18-4-1-5-19-49/h2-3,6-13,23,33H,1,4-5,14-22,24-25H2,(H,48,53)(H,51,52)/t33-/m0/s1. The summed E-state index contributed by atoms with van der Waals surface area (Å²) in [5.41, 5.74) is -1.65. The summed E-state index contributed by atoms with van der Waals surface area (Å²) in [7, 11) is 0. The molecule has 3 aliphatic rings. The zero-order valence-corrected chi connectivity index (χ0v) is 29.2. The van der Waals surface area contributed by atoms with Crippen LogP contribution in [0.25, 0.3) is 32.8 Å². The number of aliphatic carboxylic acids is 1. The Morgan fingerprint density at radius 1 is 0.736 bits per heavy atom. The van der Waals surface area contributed by atoms with Crippen LogP contribution in [0.5, 0.6) is 0 Å². The number of hydrogen-bond donors (Lipinski definition) is 2. The number of aromatic nitrogens is 1. The van der Waals surface area contributed by atoms with Gasteiger partial charge in [0.25, 0.3) is 0 Å². The normalized spacial score (nSPS) is 20.0. The number of halogens is 6. The summed E-state index contributed by atoms with van der Waals surface area (Å²) in [4.78, 5) is 34.7. The van der Waals surface area contributed by atoms with Gasteiger partial charge in [0.2, 0.25) is 5.91 Å². The Morgan fingerprint density at radius 3 is 2.00 bits per heavy atom. The highest BCUT2D eigenvalue weighted by Crippen LogP contribution is 2.58. The Balaban J connectivity index is 1.13. The molecular formula is C40H42F6N4O3. The summed E-state index contributed by atoms with van der Waals surface area (Å²) < 4.78 is 84.6. The van der Waals surface area contributed by atoms with Gasteiger partial charge in [-0.15, -0.1) is 0 Å². The van der Waals surface area contributed by atoms with E-state index in [0.29, 0.717) is 10.9 Å². The maximum absolute atomic E-state index is 14.6.